The van der Waals surface area contributed by atoms with E-state index >= 15 is 0 Å². The van der Waals surface area contributed by atoms with Crippen molar-refractivity contribution >= 4 is 11.9 Å². The number of carboxylic acid groups (broad SMARTS) is 1. The molecule has 2 saturated heterocycles. The SMILES string of the molecule is O=C(O)[C@@H]1CCCN1C(=O)CCN1CCOCC1. The van der Waals surface area contributed by atoms with Crippen molar-refractivity contribution in [2.24, 2.45) is 0 Å². The molecule has 0 spiro atoms. The third-order valence-electron chi connectivity index (χ3n) is 3.60. The number of carbonyl (C=O) groups is 2. The number of rotatable bonds is 4. The zero-order valence-electron chi connectivity index (χ0n) is 10.5. The maximum absolute atomic E-state index is 12.0. The number of ether oxygens (including phenoxy) is 1. The van der Waals surface area contributed by atoms with E-state index in [1.54, 1.807) is 0 Å². The number of carboxylic acids is 1. The zero-order valence-corrected chi connectivity index (χ0v) is 10.5. The van der Waals surface area contributed by atoms with Crippen LogP contribution in [0.1, 0.15) is 19.3 Å². The molecule has 1 amide bonds. The molecule has 2 fully saturated rings. The zero-order chi connectivity index (χ0) is 13.0. The molecule has 102 valence electrons. The van der Waals surface area contributed by atoms with Crippen molar-refractivity contribution < 1.29 is 19.4 Å². The van der Waals surface area contributed by atoms with E-state index in [-0.39, 0.29) is 5.91 Å². The average Bonchev–Trinajstić information content (AvgIpc) is 2.86. The summed E-state index contributed by atoms with van der Waals surface area (Å²) in [5.74, 6) is -0.918. The van der Waals surface area contributed by atoms with Gasteiger partial charge < -0.3 is 14.7 Å². The Bertz CT molecular complexity index is 315. The Kier molecular flexibility index (Phi) is 4.54. The molecule has 0 bridgehead atoms. The van der Waals surface area contributed by atoms with Crippen LogP contribution >= 0.6 is 0 Å². The second-order valence-corrected chi connectivity index (χ2v) is 4.79. The van der Waals surface area contributed by atoms with Gasteiger partial charge in [-0.05, 0) is 12.8 Å². The minimum Gasteiger partial charge on any atom is -0.480 e. The van der Waals surface area contributed by atoms with E-state index in [0.29, 0.717) is 25.9 Å². The molecule has 0 aliphatic carbocycles. The summed E-state index contributed by atoms with van der Waals surface area (Å²) < 4.78 is 5.24. The van der Waals surface area contributed by atoms with E-state index in [0.717, 1.165) is 32.7 Å². The molecule has 0 unspecified atom stereocenters. The van der Waals surface area contributed by atoms with E-state index in [2.05, 4.69) is 4.90 Å². The highest BCUT2D eigenvalue weighted by Gasteiger charge is 2.33. The van der Waals surface area contributed by atoms with Gasteiger partial charge in [-0.1, -0.05) is 0 Å². The van der Waals surface area contributed by atoms with E-state index in [9.17, 15) is 9.59 Å². The summed E-state index contributed by atoms with van der Waals surface area (Å²) in [7, 11) is 0. The lowest BCUT2D eigenvalue weighted by Gasteiger charge is -2.28. The Hall–Kier alpha value is -1.14. The second-order valence-electron chi connectivity index (χ2n) is 4.79. The van der Waals surface area contributed by atoms with Crippen LogP contribution in [0.15, 0.2) is 0 Å². The Morgan fingerprint density at radius 3 is 2.61 bits per heavy atom. The maximum Gasteiger partial charge on any atom is 0.326 e. The van der Waals surface area contributed by atoms with Gasteiger partial charge in [-0.3, -0.25) is 9.69 Å². The summed E-state index contributed by atoms with van der Waals surface area (Å²) in [6, 6.07) is -0.609. The van der Waals surface area contributed by atoms with Crippen LogP contribution in [0.5, 0.6) is 0 Å². The van der Waals surface area contributed by atoms with Crippen LogP contribution in [0.4, 0.5) is 0 Å². The van der Waals surface area contributed by atoms with Crippen molar-refractivity contribution in [1.82, 2.24) is 9.80 Å². The summed E-state index contributed by atoms with van der Waals surface area (Å²) in [6.07, 6.45) is 1.78. The Labute approximate surface area is 106 Å². The van der Waals surface area contributed by atoms with E-state index in [1.165, 1.54) is 4.90 Å². The van der Waals surface area contributed by atoms with Gasteiger partial charge in [0.2, 0.25) is 5.91 Å². The first-order chi connectivity index (χ1) is 8.68. The van der Waals surface area contributed by atoms with Crippen LogP contribution in [-0.4, -0.2) is 72.2 Å². The van der Waals surface area contributed by atoms with Gasteiger partial charge in [-0.15, -0.1) is 0 Å². The molecule has 0 radical (unpaired) electrons. The van der Waals surface area contributed by atoms with Gasteiger partial charge in [0.25, 0.3) is 0 Å². The highest BCUT2D eigenvalue weighted by Crippen LogP contribution is 2.18. The molecule has 0 aromatic carbocycles. The number of morpholine rings is 1. The predicted molar refractivity (Wildman–Crippen MR) is 64.2 cm³/mol. The van der Waals surface area contributed by atoms with Gasteiger partial charge >= 0.3 is 5.97 Å². The van der Waals surface area contributed by atoms with E-state index < -0.39 is 12.0 Å². The average molecular weight is 256 g/mol. The van der Waals surface area contributed by atoms with Gasteiger partial charge in [0.05, 0.1) is 13.2 Å². The second kappa shape index (κ2) is 6.15. The number of hydrogen-bond acceptors (Lipinski definition) is 4. The van der Waals surface area contributed by atoms with Crippen molar-refractivity contribution in [3.8, 4) is 0 Å². The molecule has 6 heteroatoms. The lowest BCUT2D eigenvalue weighted by Crippen LogP contribution is -2.43. The number of likely N-dealkylation sites (tertiary alicyclic amines) is 1. The minimum atomic E-state index is -0.882. The van der Waals surface area contributed by atoms with Gasteiger partial charge in [-0.25, -0.2) is 4.79 Å². The Morgan fingerprint density at radius 2 is 1.94 bits per heavy atom. The van der Waals surface area contributed by atoms with Crippen LogP contribution in [0, 0.1) is 0 Å². The van der Waals surface area contributed by atoms with Crippen molar-refractivity contribution in [2.75, 3.05) is 39.4 Å². The predicted octanol–water partition coefficient (Wildman–Crippen LogP) is -0.216. The van der Waals surface area contributed by atoms with Crippen LogP contribution in [0.2, 0.25) is 0 Å². The highest BCUT2D eigenvalue weighted by atomic mass is 16.5. The number of amides is 1. The van der Waals surface area contributed by atoms with Crippen molar-refractivity contribution in [2.45, 2.75) is 25.3 Å². The van der Waals surface area contributed by atoms with Crippen LogP contribution < -0.4 is 0 Å². The molecule has 2 aliphatic heterocycles. The largest absolute Gasteiger partial charge is 0.480 e. The number of aliphatic carboxylic acids is 1. The van der Waals surface area contributed by atoms with Gasteiger partial charge in [-0.2, -0.15) is 0 Å². The standard InChI is InChI=1S/C12H20N2O4/c15-11(3-5-13-6-8-18-9-7-13)14-4-1-2-10(14)12(16)17/h10H,1-9H2,(H,16,17)/t10-/m0/s1. The van der Waals surface area contributed by atoms with Crippen LogP contribution in [0.25, 0.3) is 0 Å². The molecule has 18 heavy (non-hydrogen) atoms. The van der Waals surface area contributed by atoms with Crippen LogP contribution in [-0.2, 0) is 14.3 Å². The lowest BCUT2D eigenvalue weighted by atomic mass is 10.2. The smallest absolute Gasteiger partial charge is 0.326 e. The molecule has 2 heterocycles. The van der Waals surface area contributed by atoms with Crippen molar-refractivity contribution in [3.63, 3.8) is 0 Å². The van der Waals surface area contributed by atoms with E-state index in [1.807, 2.05) is 0 Å². The number of nitrogens with zero attached hydrogens (tertiary/aromatic N) is 2. The molecule has 2 rings (SSSR count). The summed E-state index contributed by atoms with van der Waals surface area (Å²) >= 11 is 0. The number of carbonyl (C=O) groups excluding carboxylic acids is 1. The molecule has 0 aromatic heterocycles. The summed E-state index contributed by atoms with van der Waals surface area (Å²) in [6.45, 7) is 4.43. The minimum absolute atomic E-state index is 0.0357. The summed E-state index contributed by atoms with van der Waals surface area (Å²) in [4.78, 5) is 26.7. The lowest BCUT2D eigenvalue weighted by molar-refractivity contribution is -0.148. The highest BCUT2D eigenvalue weighted by molar-refractivity contribution is 5.84. The molecule has 0 aromatic rings. The molecule has 2 aliphatic rings. The first kappa shape index (κ1) is 13.3. The molecule has 0 saturated carbocycles. The van der Waals surface area contributed by atoms with E-state index in [4.69, 9.17) is 9.84 Å². The Morgan fingerprint density at radius 1 is 1.22 bits per heavy atom. The van der Waals surface area contributed by atoms with Gasteiger partial charge in [0.15, 0.2) is 0 Å². The molecular formula is C12H20N2O4. The first-order valence-electron chi connectivity index (χ1n) is 6.51. The maximum atomic E-state index is 12.0. The quantitative estimate of drug-likeness (QED) is 0.753. The fourth-order valence-corrected chi connectivity index (χ4v) is 2.54. The molecule has 1 atom stereocenters. The fourth-order valence-electron chi connectivity index (χ4n) is 2.54. The third kappa shape index (κ3) is 3.20. The molecular weight excluding hydrogens is 236 g/mol. The molecule has 1 N–H and O–H groups in total. The summed E-state index contributed by atoms with van der Waals surface area (Å²) in [5, 5.41) is 9.03. The molecule has 6 nitrogen and oxygen atoms in total. The van der Waals surface area contributed by atoms with Crippen molar-refractivity contribution in [3.05, 3.63) is 0 Å². The number of hydrogen-bond donors (Lipinski definition) is 1. The van der Waals surface area contributed by atoms with Gasteiger partial charge in [0.1, 0.15) is 6.04 Å². The topological polar surface area (TPSA) is 70.1 Å². The normalized spacial score (nSPS) is 25.3. The summed E-state index contributed by atoms with van der Waals surface area (Å²) in [5.41, 5.74) is 0. The third-order valence-corrected chi connectivity index (χ3v) is 3.60. The first-order valence-corrected chi connectivity index (χ1v) is 6.51. The monoisotopic (exact) mass is 256 g/mol. The fraction of sp³-hybridized carbons (Fsp3) is 0.833. The van der Waals surface area contributed by atoms with Crippen molar-refractivity contribution in [1.29, 1.82) is 0 Å². The van der Waals surface area contributed by atoms with Crippen LogP contribution in [0.3, 0.4) is 0 Å². The van der Waals surface area contributed by atoms with Gasteiger partial charge in [0, 0.05) is 32.6 Å². The Balaban J connectivity index is 1.78.